The molecule has 1 saturated heterocycles. The van der Waals surface area contributed by atoms with E-state index in [0.29, 0.717) is 13.1 Å². The Bertz CT molecular complexity index is 606. The fourth-order valence-corrected chi connectivity index (χ4v) is 2.43. The zero-order valence-corrected chi connectivity index (χ0v) is 12.4. The lowest BCUT2D eigenvalue weighted by Gasteiger charge is -2.11. The summed E-state index contributed by atoms with van der Waals surface area (Å²) in [5, 5.41) is 9.96. The van der Waals surface area contributed by atoms with Gasteiger partial charge < -0.3 is 15.4 Å². The van der Waals surface area contributed by atoms with Gasteiger partial charge in [-0.15, -0.1) is 0 Å². The number of aromatic nitrogens is 2. The number of urea groups is 1. The molecule has 1 unspecified atom stereocenters. The number of para-hydroxylation sites is 1. The summed E-state index contributed by atoms with van der Waals surface area (Å²) in [6.07, 6.45) is 5.92. The van der Waals surface area contributed by atoms with Gasteiger partial charge in [-0.2, -0.15) is 5.10 Å². The first-order valence-corrected chi connectivity index (χ1v) is 7.53. The lowest BCUT2D eigenvalue weighted by Crippen LogP contribution is -2.39. The Kier molecular flexibility index (Phi) is 4.70. The van der Waals surface area contributed by atoms with Crippen LogP contribution in [0.5, 0.6) is 0 Å². The molecule has 0 aliphatic carbocycles. The molecule has 6 heteroatoms. The zero-order valence-electron chi connectivity index (χ0n) is 12.4. The van der Waals surface area contributed by atoms with E-state index in [1.165, 1.54) is 0 Å². The third-order valence-corrected chi connectivity index (χ3v) is 3.62. The third-order valence-electron chi connectivity index (χ3n) is 3.62. The first-order chi connectivity index (χ1) is 10.8. The number of rotatable bonds is 5. The minimum absolute atomic E-state index is 0.159. The Morgan fingerprint density at radius 3 is 2.95 bits per heavy atom. The molecular formula is C16H20N4O2. The van der Waals surface area contributed by atoms with Gasteiger partial charge in [0.15, 0.2) is 0 Å². The normalized spacial score (nSPS) is 17.4. The molecule has 3 rings (SSSR count). The van der Waals surface area contributed by atoms with Crippen LogP contribution in [0.2, 0.25) is 0 Å². The van der Waals surface area contributed by atoms with Crippen molar-refractivity contribution in [3.8, 4) is 5.69 Å². The maximum atomic E-state index is 11.7. The summed E-state index contributed by atoms with van der Waals surface area (Å²) in [6.45, 7) is 1.81. The highest BCUT2D eigenvalue weighted by molar-refractivity contribution is 5.73. The molecule has 2 N–H and O–H groups in total. The van der Waals surface area contributed by atoms with Gasteiger partial charge in [-0.1, -0.05) is 18.2 Å². The second kappa shape index (κ2) is 7.09. The van der Waals surface area contributed by atoms with Crippen molar-refractivity contribution >= 4 is 6.03 Å². The molecule has 0 spiro atoms. The molecule has 1 fully saturated rings. The lowest BCUT2D eigenvalue weighted by molar-refractivity contribution is 0.111. The predicted molar refractivity (Wildman–Crippen MR) is 82.8 cm³/mol. The molecule has 1 aliphatic rings. The number of benzene rings is 1. The molecule has 1 aliphatic heterocycles. The Morgan fingerprint density at radius 2 is 2.18 bits per heavy atom. The number of hydrogen-bond donors (Lipinski definition) is 2. The van der Waals surface area contributed by atoms with Crippen molar-refractivity contribution in [2.45, 2.75) is 25.5 Å². The molecule has 0 radical (unpaired) electrons. The molecule has 2 heterocycles. The molecule has 1 aromatic carbocycles. The first-order valence-electron chi connectivity index (χ1n) is 7.53. The summed E-state index contributed by atoms with van der Waals surface area (Å²) >= 11 is 0. The fraction of sp³-hybridized carbons (Fsp3) is 0.375. The second-order valence-electron chi connectivity index (χ2n) is 5.33. The quantitative estimate of drug-likeness (QED) is 0.885. The third kappa shape index (κ3) is 3.85. The highest BCUT2D eigenvalue weighted by atomic mass is 16.5. The number of amides is 2. The predicted octanol–water partition coefficient (Wildman–Crippen LogP) is 1.85. The highest BCUT2D eigenvalue weighted by Gasteiger charge is 2.15. The van der Waals surface area contributed by atoms with Gasteiger partial charge in [0.05, 0.1) is 18.0 Å². The van der Waals surface area contributed by atoms with Crippen LogP contribution >= 0.6 is 0 Å². The number of nitrogens with one attached hydrogen (secondary N) is 2. The molecule has 6 nitrogen and oxygen atoms in total. The van der Waals surface area contributed by atoms with Crippen LogP contribution in [0.15, 0.2) is 42.7 Å². The van der Waals surface area contributed by atoms with Gasteiger partial charge in [0, 0.05) is 31.5 Å². The van der Waals surface area contributed by atoms with E-state index >= 15 is 0 Å². The lowest BCUT2D eigenvalue weighted by atomic mass is 10.2. The maximum absolute atomic E-state index is 11.7. The van der Waals surface area contributed by atoms with Gasteiger partial charge in [0.2, 0.25) is 0 Å². The van der Waals surface area contributed by atoms with E-state index in [1.54, 1.807) is 10.9 Å². The molecule has 116 valence electrons. The summed E-state index contributed by atoms with van der Waals surface area (Å²) in [6, 6.07) is 9.69. The molecule has 1 atom stereocenters. The van der Waals surface area contributed by atoms with Crippen LogP contribution in [0.4, 0.5) is 4.79 Å². The fourth-order valence-electron chi connectivity index (χ4n) is 2.43. The smallest absolute Gasteiger partial charge is 0.315 e. The van der Waals surface area contributed by atoms with E-state index in [-0.39, 0.29) is 12.1 Å². The summed E-state index contributed by atoms with van der Waals surface area (Å²) in [4.78, 5) is 11.7. The van der Waals surface area contributed by atoms with Gasteiger partial charge in [0.1, 0.15) is 0 Å². The van der Waals surface area contributed by atoms with Gasteiger partial charge in [-0.3, -0.25) is 0 Å². The molecule has 0 bridgehead atoms. The SMILES string of the molecule is O=C(NCc1cnn(-c2ccccc2)c1)NCC1CCCO1. The van der Waals surface area contributed by atoms with Crippen LogP contribution in [-0.2, 0) is 11.3 Å². The van der Waals surface area contributed by atoms with Crippen molar-refractivity contribution < 1.29 is 9.53 Å². The average Bonchev–Trinajstić information content (AvgIpc) is 3.23. The Hall–Kier alpha value is -2.34. The number of carbonyl (C=O) groups excluding carboxylic acids is 1. The number of hydrogen-bond acceptors (Lipinski definition) is 3. The number of ether oxygens (including phenoxy) is 1. The maximum Gasteiger partial charge on any atom is 0.315 e. The molecule has 2 amide bonds. The summed E-state index contributed by atoms with van der Waals surface area (Å²) in [7, 11) is 0. The zero-order chi connectivity index (χ0) is 15.2. The van der Waals surface area contributed by atoms with Crippen LogP contribution < -0.4 is 10.6 Å². The summed E-state index contributed by atoms with van der Waals surface area (Å²) in [5.41, 5.74) is 1.95. The van der Waals surface area contributed by atoms with E-state index in [1.807, 2.05) is 36.5 Å². The number of carbonyl (C=O) groups is 1. The Balaban J connectivity index is 1.45. The van der Waals surface area contributed by atoms with Crippen molar-refractivity contribution in [3.05, 3.63) is 48.3 Å². The van der Waals surface area contributed by atoms with Crippen LogP contribution in [0.25, 0.3) is 5.69 Å². The van der Waals surface area contributed by atoms with Crippen molar-refractivity contribution in [1.29, 1.82) is 0 Å². The van der Waals surface area contributed by atoms with E-state index < -0.39 is 0 Å². The van der Waals surface area contributed by atoms with Gasteiger partial charge in [-0.05, 0) is 25.0 Å². The Morgan fingerprint density at radius 1 is 1.32 bits per heavy atom. The van der Waals surface area contributed by atoms with Crippen LogP contribution in [-0.4, -0.2) is 35.1 Å². The van der Waals surface area contributed by atoms with Gasteiger partial charge in [-0.25, -0.2) is 9.48 Å². The standard InChI is InChI=1S/C16H20N4O2/c21-16(18-11-15-7-4-8-22-15)17-9-13-10-19-20(12-13)14-5-2-1-3-6-14/h1-3,5-6,10,12,15H,4,7-9,11H2,(H2,17,18,21). The van der Waals surface area contributed by atoms with Crippen LogP contribution in [0.3, 0.4) is 0 Å². The van der Waals surface area contributed by atoms with Crippen LogP contribution in [0, 0.1) is 0 Å². The van der Waals surface area contributed by atoms with Crippen molar-refractivity contribution in [1.82, 2.24) is 20.4 Å². The molecular weight excluding hydrogens is 280 g/mol. The monoisotopic (exact) mass is 300 g/mol. The molecule has 2 aromatic rings. The van der Waals surface area contributed by atoms with E-state index in [0.717, 1.165) is 30.7 Å². The summed E-state index contributed by atoms with van der Waals surface area (Å²) in [5.74, 6) is 0. The second-order valence-corrected chi connectivity index (χ2v) is 5.33. The number of nitrogens with zero attached hydrogens (tertiary/aromatic N) is 2. The average molecular weight is 300 g/mol. The highest BCUT2D eigenvalue weighted by Crippen LogP contribution is 2.10. The van der Waals surface area contributed by atoms with E-state index in [4.69, 9.17) is 4.74 Å². The van der Waals surface area contributed by atoms with Crippen molar-refractivity contribution in [2.75, 3.05) is 13.2 Å². The molecule has 0 saturated carbocycles. The minimum Gasteiger partial charge on any atom is -0.376 e. The summed E-state index contributed by atoms with van der Waals surface area (Å²) < 4.78 is 7.26. The topological polar surface area (TPSA) is 68.2 Å². The van der Waals surface area contributed by atoms with Crippen molar-refractivity contribution in [3.63, 3.8) is 0 Å². The van der Waals surface area contributed by atoms with E-state index in [9.17, 15) is 4.79 Å². The van der Waals surface area contributed by atoms with E-state index in [2.05, 4.69) is 15.7 Å². The largest absolute Gasteiger partial charge is 0.376 e. The van der Waals surface area contributed by atoms with Gasteiger partial charge in [0.25, 0.3) is 0 Å². The minimum atomic E-state index is -0.178. The molecule has 1 aromatic heterocycles. The molecule has 22 heavy (non-hydrogen) atoms. The first kappa shape index (κ1) is 14.6. The van der Waals surface area contributed by atoms with Crippen LogP contribution in [0.1, 0.15) is 18.4 Å². The van der Waals surface area contributed by atoms with Gasteiger partial charge >= 0.3 is 6.03 Å². The van der Waals surface area contributed by atoms with Crippen molar-refractivity contribution in [2.24, 2.45) is 0 Å². The Labute approximate surface area is 129 Å².